The van der Waals surface area contributed by atoms with Gasteiger partial charge in [-0.2, -0.15) is 0 Å². The smallest absolute Gasteiger partial charge is 0.359 e. The Balaban J connectivity index is 1.54. The van der Waals surface area contributed by atoms with Crippen molar-refractivity contribution >= 4 is 11.5 Å². The van der Waals surface area contributed by atoms with Gasteiger partial charge in [-0.25, -0.2) is 14.2 Å². The van der Waals surface area contributed by atoms with E-state index >= 15 is 0 Å². The van der Waals surface area contributed by atoms with Crippen LogP contribution in [0.1, 0.15) is 16.1 Å². The van der Waals surface area contributed by atoms with Gasteiger partial charge in [0.05, 0.1) is 5.52 Å². The van der Waals surface area contributed by atoms with Gasteiger partial charge in [0.2, 0.25) is 0 Å². The zero-order valence-electron chi connectivity index (χ0n) is 13.7. The number of aromatic nitrogens is 3. The number of rotatable bonds is 4. The second-order valence-corrected chi connectivity index (χ2v) is 5.71. The molecule has 3 heterocycles. The Kier molecular flexibility index (Phi) is 4.15. The molecule has 0 aliphatic heterocycles. The van der Waals surface area contributed by atoms with Crippen molar-refractivity contribution in [2.45, 2.75) is 6.61 Å². The number of halogens is 1. The van der Waals surface area contributed by atoms with E-state index in [2.05, 4.69) is 9.97 Å². The average molecular weight is 347 g/mol. The summed E-state index contributed by atoms with van der Waals surface area (Å²) in [6, 6.07) is 13.6. The molecule has 4 rings (SSSR count). The number of fused-ring (bicyclic) bond motifs is 1. The van der Waals surface area contributed by atoms with E-state index in [0.717, 1.165) is 0 Å². The number of imidazole rings is 1. The molecule has 5 nitrogen and oxygen atoms in total. The van der Waals surface area contributed by atoms with Crippen LogP contribution >= 0.6 is 0 Å². The quantitative estimate of drug-likeness (QED) is 0.526. The number of benzene rings is 1. The molecule has 0 amide bonds. The number of hydrogen-bond donors (Lipinski definition) is 0. The van der Waals surface area contributed by atoms with E-state index in [1.54, 1.807) is 59.7 Å². The summed E-state index contributed by atoms with van der Waals surface area (Å²) in [4.78, 5) is 20.4. The van der Waals surface area contributed by atoms with Gasteiger partial charge in [-0.3, -0.25) is 4.98 Å². The minimum absolute atomic E-state index is 0.0308. The van der Waals surface area contributed by atoms with E-state index in [-0.39, 0.29) is 18.1 Å². The summed E-state index contributed by atoms with van der Waals surface area (Å²) in [5, 5.41) is 0. The molecule has 128 valence electrons. The molecule has 6 heteroatoms. The molecule has 0 N–H and O–H groups in total. The maximum atomic E-state index is 14.1. The number of carbonyl (C=O) groups excluding carboxylic acids is 1. The fourth-order valence-corrected chi connectivity index (χ4v) is 2.73. The molecule has 26 heavy (non-hydrogen) atoms. The van der Waals surface area contributed by atoms with Gasteiger partial charge in [0, 0.05) is 24.2 Å². The van der Waals surface area contributed by atoms with Crippen molar-refractivity contribution in [1.82, 2.24) is 14.4 Å². The zero-order valence-corrected chi connectivity index (χ0v) is 13.7. The van der Waals surface area contributed by atoms with Crippen molar-refractivity contribution in [3.63, 3.8) is 0 Å². The van der Waals surface area contributed by atoms with Gasteiger partial charge >= 0.3 is 5.97 Å². The number of carbonyl (C=O) groups is 1. The summed E-state index contributed by atoms with van der Waals surface area (Å²) >= 11 is 0. The highest BCUT2D eigenvalue weighted by Crippen LogP contribution is 2.24. The Hall–Kier alpha value is -3.54. The number of hydrogen-bond acceptors (Lipinski definition) is 4. The van der Waals surface area contributed by atoms with Gasteiger partial charge < -0.3 is 9.14 Å². The molecular weight excluding hydrogens is 333 g/mol. The standard InChI is InChI=1S/C20H14FN3O2/c21-17-5-4-14(11-16(17)15-6-8-22-9-7-15)12-26-20(25)19-18-3-1-2-10-24(18)13-23-19/h1-11,13H,12H2. The van der Waals surface area contributed by atoms with Crippen LogP contribution in [0, 0.1) is 5.82 Å². The van der Waals surface area contributed by atoms with E-state index in [1.165, 1.54) is 6.07 Å². The number of pyridine rings is 2. The lowest BCUT2D eigenvalue weighted by molar-refractivity contribution is 0.0469. The summed E-state index contributed by atoms with van der Waals surface area (Å²) < 4.78 is 21.2. The number of ether oxygens (including phenoxy) is 1. The summed E-state index contributed by atoms with van der Waals surface area (Å²) in [5.41, 5.74) is 2.77. The van der Waals surface area contributed by atoms with Crippen LogP contribution in [0.25, 0.3) is 16.6 Å². The van der Waals surface area contributed by atoms with Crippen molar-refractivity contribution in [2.75, 3.05) is 0 Å². The lowest BCUT2D eigenvalue weighted by atomic mass is 10.0. The van der Waals surface area contributed by atoms with Gasteiger partial charge in [-0.05, 0) is 47.5 Å². The molecule has 4 aromatic rings. The van der Waals surface area contributed by atoms with Crippen molar-refractivity contribution in [2.24, 2.45) is 0 Å². The Morgan fingerprint density at radius 2 is 1.96 bits per heavy atom. The fraction of sp³-hybridized carbons (Fsp3) is 0.0500. The maximum Gasteiger partial charge on any atom is 0.359 e. The number of nitrogens with zero attached hydrogens (tertiary/aromatic N) is 3. The van der Waals surface area contributed by atoms with Crippen LogP contribution < -0.4 is 0 Å². The third-order valence-electron chi connectivity index (χ3n) is 4.03. The van der Waals surface area contributed by atoms with Crippen LogP contribution in [-0.4, -0.2) is 20.3 Å². The molecule has 3 aromatic heterocycles. The molecule has 0 unspecified atom stereocenters. The van der Waals surface area contributed by atoms with Crippen LogP contribution in [0.15, 0.2) is 73.4 Å². The topological polar surface area (TPSA) is 56.5 Å². The van der Waals surface area contributed by atoms with E-state index in [4.69, 9.17) is 4.74 Å². The lowest BCUT2D eigenvalue weighted by Gasteiger charge is -2.08. The highest BCUT2D eigenvalue weighted by Gasteiger charge is 2.15. The summed E-state index contributed by atoms with van der Waals surface area (Å²) in [5.74, 6) is -0.861. The van der Waals surface area contributed by atoms with Gasteiger partial charge in [0.1, 0.15) is 18.8 Å². The molecule has 1 aromatic carbocycles. The molecule has 0 aliphatic carbocycles. The maximum absolute atomic E-state index is 14.1. The van der Waals surface area contributed by atoms with Crippen LogP contribution in [0.5, 0.6) is 0 Å². The van der Waals surface area contributed by atoms with Gasteiger partial charge in [0.15, 0.2) is 5.69 Å². The number of esters is 1. The Bertz CT molecular complexity index is 1080. The molecule has 0 atom stereocenters. The van der Waals surface area contributed by atoms with Crippen molar-refractivity contribution in [1.29, 1.82) is 0 Å². The minimum atomic E-state index is -0.520. The Labute approximate surface area is 148 Å². The molecule has 0 aliphatic rings. The van der Waals surface area contributed by atoms with E-state index in [1.807, 2.05) is 12.1 Å². The first kappa shape index (κ1) is 16.0. The SMILES string of the molecule is O=C(OCc1ccc(F)c(-c2ccncc2)c1)c1ncn2ccccc12. The molecular formula is C20H14FN3O2. The highest BCUT2D eigenvalue weighted by atomic mass is 19.1. The first-order valence-corrected chi connectivity index (χ1v) is 8.00. The van der Waals surface area contributed by atoms with Gasteiger partial charge in [0.25, 0.3) is 0 Å². The average Bonchev–Trinajstić information content (AvgIpc) is 3.12. The molecule has 0 saturated heterocycles. The second-order valence-electron chi connectivity index (χ2n) is 5.71. The minimum Gasteiger partial charge on any atom is -0.456 e. The van der Waals surface area contributed by atoms with Crippen LogP contribution in [0.4, 0.5) is 4.39 Å². The molecule has 0 fully saturated rings. The largest absolute Gasteiger partial charge is 0.456 e. The van der Waals surface area contributed by atoms with Crippen LogP contribution in [-0.2, 0) is 11.3 Å². The van der Waals surface area contributed by atoms with Crippen molar-refractivity contribution < 1.29 is 13.9 Å². The van der Waals surface area contributed by atoms with Crippen LogP contribution in [0.3, 0.4) is 0 Å². The third kappa shape index (κ3) is 3.04. The molecule has 0 radical (unpaired) electrons. The molecule has 0 bridgehead atoms. The predicted octanol–water partition coefficient (Wildman–Crippen LogP) is 3.89. The summed E-state index contributed by atoms with van der Waals surface area (Å²) in [6.45, 7) is 0.0308. The summed E-state index contributed by atoms with van der Waals surface area (Å²) in [6.07, 6.45) is 6.57. The highest BCUT2D eigenvalue weighted by molar-refractivity contribution is 5.94. The Morgan fingerprint density at radius 3 is 2.81 bits per heavy atom. The van der Waals surface area contributed by atoms with E-state index < -0.39 is 5.97 Å². The van der Waals surface area contributed by atoms with Gasteiger partial charge in [-0.1, -0.05) is 12.1 Å². The first-order valence-electron chi connectivity index (χ1n) is 8.00. The van der Waals surface area contributed by atoms with E-state index in [0.29, 0.717) is 22.2 Å². The lowest BCUT2D eigenvalue weighted by Crippen LogP contribution is -2.06. The van der Waals surface area contributed by atoms with Crippen LogP contribution in [0.2, 0.25) is 0 Å². The van der Waals surface area contributed by atoms with E-state index in [9.17, 15) is 9.18 Å². The summed E-state index contributed by atoms with van der Waals surface area (Å²) in [7, 11) is 0. The first-order chi connectivity index (χ1) is 12.7. The zero-order chi connectivity index (χ0) is 17.9. The predicted molar refractivity (Wildman–Crippen MR) is 93.9 cm³/mol. The normalized spacial score (nSPS) is 10.8. The second kappa shape index (κ2) is 6.76. The van der Waals surface area contributed by atoms with Gasteiger partial charge in [-0.15, -0.1) is 0 Å². The molecule has 0 saturated carbocycles. The van der Waals surface area contributed by atoms with Crippen molar-refractivity contribution in [3.05, 3.63) is 90.5 Å². The Morgan fingerprint density at radius 1 is 1.12 bits per heavy atom. The monoisotopic (exact) mass is 347 g/mol. The fourth-order valence-electron chi connectivity index (χ4n) is 2.73. The van der Waals surface area contributed by atoms with Crippen molar-refractivity contribution in [3.8, 4) is 11.1 Å². The molecule has 0 spiro atoms. The third-order valence-corrected chi connectivity index (χ3v) is 4.03.